The summed E-state index contributed by atoms with van der Waals surface area (Å²) in [6.07, 6.45) is 0. The molecule has 0 spiro atoms. The molecule has 0 N–H and O–H groups in total. The second kappa shape index (κ2) is 18.6. The van der Waals surface area contributed by atoms with Gasteiger partial charge in [-0.1, -0.05) is 237 Å². The van der Waals surface area contributed by atoms with Gasteiger partial charge in [0.2, 0.25) is 0 Å². The van der Waals surface area contributed by atoms with Gasteiger partial charge in [-0.2, -0.15) is 5.10 Å². The third-order valence-corrected chi connectivity index (χ3v) is 11.1. The van der Waals surface area contributed by atoms with Gasteiger partial charge in [0.1, 0.15) is 5.84 Å². The van der Waals surface area contributed by atoms with Gasteiger partial charge in [-0.25, -0.2) is 0 Å². The number of amidine groups is 1. The Labute approximate surface area is 382 Å². The second-order valence-corrected chi connectivity index (χ2v) is 15.0. The van der Waals surface area contributed by atoms with Crippen molar-refractivity contribution in [2.24, 2.45) is 5.10 Å². The minimum Gasteiger partial charge on any atom is -0.657 e. The van der Waals surface area contributed by atoms with Gasteiger partial charge in [0.15, 0.2) is 5.43 Å². The fourth-order valence-electron chi connectivity index (χ4n) is 8.19. The zero-order valence-electron chi connectivity index (χ0n) is 34.1. The molecule has 1 aromatic heterocycles. The molecule has 9 aromatic carbocycles. The molecule has 1 aliphatic rings. The number of rotatable bonds is 7. The molecule has 0 amide bonds. The minimum atomic E-state index is 0. The number of hydrogen-bond acceptors (Lipinski definition) is 4. The van der Waals surface area contributed by atoms with Crippen LogP contribution in [0.25, 0.3) is 66.3 Å². The number of nitrogens with zero attached hydrogens (tertiary/aromatic N) is 4. The van der Waals surface area contributed by atoms with Crippen LogP contribution in [0.3, 0.4) is 0 Å². The summed E-state index contributed by atoms with van der Waals surface area (Å²) in [7, 11) is 0. The second-order valence-electron chi connectivity index (χ2n) is 15.0. The van der Waals surface area contributed by atoms with E-state index in [0.29, 0.717) is 10.8 Å². The zero-order chi connectivity index (χ0) is 41.7. The summed E-state index contributed by atoms with van der Waals surface area (Å²) >= 11 is 0. The predicted molar refractivity (Wildman–Crippen MR) is 258 cm³/mol. The van der Waals surface area contributed by atoms with E-state index in [2.05, 4.69) is 210 Å². The Morgan fingerprint density at radius 1 is 0.365 bits per heavy atom. The Bertz CT molecular complexity index is 3060. The van der Waals surface area contributed by atoms with Crippen LogP contribution < -0.4 is 20.3 Å². The molecule has 6 heteroatoms. The molecular weight excluding hydrogens is 954 g/mol. The van der Waals surface area contributed by atoms with Gasteiger partial charge in [-0.15, -0.1) is 17.7 Å². The number of anilines is 2. The van der Waals surface area contributed by atoms with Gasteiger partial charge in [-0.3, -0.25) is 4.79 Å². The molecule has 0 aliphatic carbocycles. The van der Waals surface area contributed by atoms with Crippen molar-refractivity contribution in [3.05, 3.63) is 259 Å². The molecule has 0 saturated carbocycles. The molecule has 0 saturated heterocycles. The fraction of sp³-hybridized carbons (Fsp3) is 0. The van der Waals surface area contributed by atoms with E-state index in [1.807, 2.05) is 48.5 Å². The summed E-state index contributed by atoms with van der Waals surface area (Å²) in [5, 5.41) is 8.90. The number of benzene rings is 9. The quantitative estimate of drug-likeness (QED) is 0.0907. The Morgan fingerprint density at radius 2 is 0.698 bits per heavy atom. The van der Waals surface area contributed by atoms with Crippen molar-refractivity contribution in [2.45, 2.75) is 0 Å². The standard InChI is InChI=1S/C44H32N3.C13H9NO.Au/c1-6-18-33(19-7-1)38-28-16-29-39(34-20-8-2-9-21-34)42(38)46-32-47(45-44(46)37-26-14-5-15-27-37)43-40(35-22-10-3-11-23-35)30-17-31-41(43)36-24-12-4-13-25-36;15-13-9-5-1-3-7-11(9)14-12-8-4-2-6-10(12)13;/h1-32H;1-8H,(H,14,15);/q-1;;/p-1. The molecule has 10 aromatic rings. The molecule has 0 bridgehead atoms. The zero-order valence-corrected chi connectivity index (χ0v) is 36.3. The molecule has 1 aliphatic heterocycles. The summed E-state index contributed by atoms with van der Waals surface area (Å²) < 4.78 is 0. The first kappa shape index (κ1) is 40.8. The number of pyridine rings is 1. The summed E-state index contributed by atoms with van der Waals surface area (Å²) in [6, 6.07) is 80.9. The van der Waals surface area contributed by atoms with Gasteiger partial charge in [-0.05, 0) is 22.3 Å². The first-order chi connectivity index (χ1) is 30.7. The summed E-state index contributed by atoms with van der Waals surface area (Å²) in [5.74, 6) is 0.855. The third kappa shape index (κ3) is 8.29. The van der Waals surface area contributed by atoms with Crippen LogP contribution in [-0.4, -0.2) is 5.84 Å². The van der Waals surface area contributed by atoms with Crippen LogP contribution in [0, 0.1) is 6.67 Å². The van der Waals surface area contributed by atoms with E-state index in [9.17, 15) is 4.79 Å². The van der Waals surface area contributed by atoms with Crippen LogP contribution in [0.5, 0.6) is 0 Å². The topological polar surface area (TPSA) is 50.0 Å². The number of hydrazone groups is 1. The molecule has 11 rings (SSSR count). The monoisotopic (exact) mass is 993 g/mol. The van der Waals surface area contributed by atoms with Crippen molar-refractivity contribution in [1.29, 1.82) is 0 Å². The van der Waals surface area contributed by atoms with Crippen LogP contribution in [-0.2, 0) is 22.4 Å². The van der Waals surface area contributed by atoms with E-state index in [-0.39, 0.29) is 27.8 Å². The fourth-order valence-corrected chi connectivity index (χ4v) is 8.19. The summed E-state index contributed by atoms with van der Waals surface area (Å²) in [4.78, 5) is 18.8. The SMILES string of the molecule is O=c1c2ccccc2[n-]c2ccccc12.[Au].c1ccc(C2=NN(c3c(-c4ccccc4)cccc3-c3ccccc3)[CH-]N2c2c(-c3ccccc3)cccc2-c2ccccc2)cc1. The largest absolute Gasteiger partial charge is 0.657 e. The average molecular weight is 994 g/mol. The molecule has 2 heterocycles. The number of para-hydroxylation sites is 4. The molecular formula is C57H40AuN4O-2. The Kier molecular flexibility index (Phi) is 12.1. The molecule has 0 unspecified atom stereocenters. The predicted octanol–water partition coefficient (Wildman–Crippen LogP) is 13.5. The van der Waals surface area contributed by atoms with Crippen molar-refractivity contribution in [1.82, 2.24) is 4.98 Å². The van der Waals surface area contributed by atoms with Crippen molar-refractivity contribution < 1.29 is 22.4 Å². The third-order valence-electron chi connectivity index (χ3n) is 11.1. The van der Waals surface area contributed by atoms with Crippen molar-refractivity contribution in [2.75, 3.05) is 9.91 Å². The minimum absolute atomic E-state index is 0. The summed E-state index contributed by atoms with van der Waals surface area (Å²) in [5.41, 5.74) is 13.8. The van der Waals surface area contributed by atoms with Crippen molar-refractivity contribution >= 4 is 39.0 Å². The van der Waals surface area contributed by atoms with Gasteiger partial charge >= 0.3 is 0 Å². The Balaban J connectivity index is 0.000000265. The van der Waals surface area contributed by atoms with E-state index in [1.165, 1.54) is 0 Å². The van der Waals surface area contributed by atoms with Crippen molar-refractivity contribution in [3.63, 3.8) is 0 Å². The Hall–Kier alpha value is -7.54. The van der Waals surface area contributed by atoms with Gasteiger partial charge in [0.05, 0.1) is 0 Å². The van der Waals surface area contributed by atoms with Gasteiger partial charge in [0, 0.05) is 72.3 Å². The van der Waals surface area contributed by atoms with E-state index >= 15 is 0 Å². The van der Waals surface area contributed by atoms with Gasteiger partial charge < -0.3 is 14.9 Å². The maximum absolute atomic E-state index is 12.0. The Morgan fingerprint density at radius 3 is 1.10 bits per heavy atom. The molecule has 5 nitrogen and oxygen atoms in total. The van der Waals surface area contributed by atoms with E-state index in [1.54, 1.807) is 0 Å². The van der Waals surface area contributed by atoms with E-state index in [0.717, 1.165) is 78.3 Å². The van der Waals surface area contributed by atoms with Crippen LogP contribution in [0.1, 0.15) is 5.56 Å². The number of aromatic nitrogens is 1. The maximum atomic E-state index is 12.0. The maximum Gasteiger partial charge on any atom is 0.190 e. The molecule has 0 atom stereocenters. The molecule has 307 valence electrons. The first-order valence-electron chi connectivity index (χ1n) is 20.7. The van der Waals surface area contributed by atoms with E-state index < -0.39 is 0 Å². The van der Waals surface area contributed by atoms with Crippen LogP contribution in [0.4, 0.5) is 11.4 Å². The normalized spacial score (nSPS) is 12.0. The molecule has 1 radical (unpaired) electrons. The van der Waals surface area contributed by atoms with Crippen LogP contribution >= 0.6 is 0 Å². The average Bonchev–Trinajstić information content (AvgIpc) is 3.80. The van der Waals surface area contributed by atoms with Crippen LogP contribution in [0.2, 0.25) is 0 Å². The van der Waals surface area contributed by atoms with Gasteiger partial charge in [0.25, 0.3) is 0 Å². The van der Waals surface area contributed by atoms with E-state index in [4.69, 9.17) is 5.10 Å². The number of fused-ring (bicyclic) bond motifs is 2. The van der Waals surface area contributed by atoms with Crippen LogP contribution in [0.15, 0.2) is 246 Å². The molecule has 0 fully saturated rings. The molecule has 63 heavy (non-hydrogen) atoms. The smallest absolute Gasteiger partial charge is 0.190 e. The van der Waals surface area contributed by atoms with Crippen molar-refractivity contribution in [3.8, 4) is 44.5 Å². The first-order valence-corrected chi connectivity index (χ1v) is 20.7. The summed E-state index contributed by atoms with van der Waals surface area (Å²) in [6.45, 7) is 2.16. The number of hydrogen-bond donors (Lipinski definition) is 0.